The van der Waals surface area contributed by atoms with E-state index in [-0.39, 0.29) is 18.0 Å². The van der Waals surface area contributed by atoms with Crippen LogP contribution in [0.4, 0.5) is 4.39 Å². The molecule has 0 amide bonds. The number of methoxy groups -OCH3 is 1. The maximum atomic E-state index is 13.9. The van der Waals surface area contributed by atoms with Crippen LogP contribution in [0.15, 0.2) is 24.3 Å². The average molecular weight is 279 g/mol. The van der Waals surface area contributed by atoms with Crippen LogP contribution in [0.25, 0.3) is 0 Å². The van der Waals surface area contributed by atoms with Crippen molar-refractivity contribution in [2.24, 2.45) is 0 Å². The highest BCUT2D eigenvalue weighted by Crippen LogP contribution is 2.28. The molecule has 110 valence electrons. The smallest absolute Gasteiger partial charge is 0.126 e. The molecule has 2 heterocycles. The quantitative estimate of drug-likeness (QED) is 0.844. The van der Waals surface area contributed by atoms with E-state index in [9.17, 15) is 4.39 Å². The van der Waals surface area contributed by atoms with Crippen LogP contribution in [0.1, 0.15) is 18.4 Å². The number of rotatable bonds is 4. The third-order valence-electron chi connectivity index (χ3n) is 4.54. The van der Waals surface area contributed by atoms with E-state index in [4.69, 9.17) is 9.47 Å². The summed E-state index contributed by atoms with van der Waals surface area (Å²) in [6, 6.07) is 7.79. The second-order valence-electron chi connectivity index (χ2n) is 5.71. The minimum Gasteiger partial charge on any atom is -0.380 e. The van der Waals surface area contributed by atoms with E-state index in [1.807, 2.05) is 12.1 Å². The molecule has 0 aliphatic carbocycles. The number of piperidine rings is 1. The third-order valence-corrected chi connectivity index (χ3v) is 4.54. The molecule has 3 nitrogen and oxygen atoms in total. The first kappa shape index (κ1) is 14.0. The summed E-state index contributed by atoms with van der Waals surface area (Å²) >= 11 is 0. The van der Waals surface area contributed by atoms with E-state index in [1.165, 1.54) is 6.07 Å². The Kier molecular flexibility index (Phi) is 4.34. The van der Waals surface area contributed by atoms with Gasteiger partial charge in [0.05, 0.1) is 25.4 Å². The second-order valence-corrected chi connectivity index (χ2v) is 5.71. The number of hydrogen-bond donors (Lipinski definition) is 0. The van der Waals surface area contributed by atoms with Crippen molar-refractivity contribution in [1.29, 1.82) is 0 Å². The number of hydrogen-bond acceptors (Lipinski definition) is 3. The summed E-state index contributed by atoms with van der Waals surface area (Å²) in [5.41, 5.74) is 0.784. The minimum absolute atomic E-state index is 0.113. The van der Waals surface area contributed by atoms with Gasteiger partial charge in [-0.1, -0.05) is 18.2 Å². The SMILES string of the molecule is CO[C@H]1CCCN(C2COC2)[C@H]1Cc1ccccc1F. The molecule has 1 aromatic rings. The Morgan fingerprint density at radius 1 is 1.35 bits per heavy atom. The molecule has 4 heteroatoms. The Hall–Kier alpha value is -0.970. The molecule has 2 aliphatic rings. The lowest BCUT2D eigenvalue weighted by Crippen LogP contribution is -2.60. The van der Waals surface area contributed by atoms with Crippen LogP contribution >= 0.6 is 0 Å². The first-order chi connectivity index (χ1) is 9.79. The normalized spacial score (nSPS) is 28.3. The van der Waals surface area contributed by atoms with Crippen LogP contribution in [0, 0.1) is 5.82 Å². The van der Waals surface area contributed by atoms with Crippen molar-refractivity contribution < 1.29 is 13.9 Å². The average Bonchev–Trinajstić information content (AvgIpc) is 2.41. The van der Waals surface area contributed by atoms with Gasteiger partial charge in [-0.2, -0.15) is 0 Å². The molecule has 3 rings (SSSR count). The summed E-state index contributed by atoms with van der Waals surface area (Å²) in [7, 11) is 1.76. The summed E-state index contributed by atoms with van der Waals surface area (Å²) in [6.45, 7) is 2.65. The van der Waals surface area contributed by atoms with Gasteiger partial charge in [0.15, 0.2) is 0 Å². The number of nitrogens with zero attached hydrogens (tertiary/aromatic N) is 1. The van der Waals surface area contributed by atoms with E-state index >= 15 is 0 Å². The summed E-state index contributed by atoms with van der Waals surface area (Å²) < 4.78 is 24.9. The van der Waals surface area contributed by atoms with Gasteiger partial charge in [-0.05, 0) is 37.4 Å². The van der Waals surface area contributed by atoms with E-state index in [2.05, 4.69) is 4.90 Å². The van der Waals surface area contributed by atoms with E-state index in [0.29, 0.717) is 12.5 Å². The molecule has 0 radical (unpaired) electrons. The molecule has 2 fully saturated rings. The molecule has 0 spiro atoms. The Bertz CT molecular complexity index is 450. The first-order valence-electron chi connectivity index (χ1n) is 7.39. The zero-order chi connectivity index (χ0) is 13.9. The summed E-state index contributed by atoms with van der Waals surface area (Å²) in [4.78, 5) is 2.47. The predicted molar refractivity (Wildman–Crippen MR) is 75.2 cm³/mol. The Labute approximate surface area is 119 Å². The summed E-state index contributed by atoms with van der Waals surface area (Å²) in [5, 5.41) is 0. The van der Waals surface area contributed by atoms with Crippen LogP contribution in [0.5, 0.6) is 0 Å². The van der Waals surface area contributed by atoms with Crippen LogP contribution in [0.3, 0.4) is 0 Å². The van der Waals surface area contributed by atoms with Gasteiger partial charge in [-0.15, -0.1) is 0 Å². The standard InChI is InChI=1S/C16H22FNO2/c1-19-16-7-4-8-18(13-10-20-11-13)15(16)9-12-5-2-3-6-14(12)17/h2-3,5-6,13,15-16H,4,7-11H2,1H3/t15-,16-/m0/s1. The molecule has 0 unspecified atom stereocenters. The van der Waals surface area contributed by atoms with Gasteiger partial charge in [0.2, 0.25) is 0 Å². The molecule has 1 aromatic carbocycles. The number of likely N-dealkylation sites (tertiary alicyclic amines) is 1. The molecule has 2 atom stereocenters. The van der Waals surface area contributed by atoms with Crippen LogP contribution in [-0.4, -0.2) is 50.0 Å². The van der Waals surface area contributed by atoms with Crippen molar-refractivity contribution in [2.45, 2.75) is 37.5 Å². The van der Waals surface area contributed by atoms with Gasteiger partial charge in [0, 0.05) is 13.2 Å². The Balaban J connectivity index is 1.79. The largest absolute Gasteiger partial charge is 0.380 e. The number of benzene rings is 1. The van der Waals surface area contributed by atoms with Crippen molar-refractivity contribution in [3.63, 3.8) is 0 Å². The lowest BCUT2D eigenvalue weighted by molar-refractivity contribution is -0.117. The van der Waals surface area contributed by atoms with Gasteiger partial charge < -0.3 is 9.47 Å². The van der Waals surface area contributed by atoms with Crippen molar-refractivity contribution in [2.75, 3.05) is 26.9 Å². The molecule has 20 heavy (non-hydrogen) atoms. The summed E-state index contributed by atoms with van der Waals surface area (Å²) in [6.07, 6.45) is 3.09. The molecule has 2 aliphatic heterocycles. The predicted octanol–water partition coefficient (Wildman–Crippen LogP) is 2.25. The van der Waals surface area contributed by atoms with Crippen LogP contribution in [-0.2, 0) is 15.9 Å². The van der Waals surface area contributed by atoms with E-state index in [0.717, 1.165) is 38.2 Å². The summed E-state index contributed by atoms with van der Waals surface area (Å²) in [5.74, 6) is -0.113. The highest BCUT2D eigenvalue weighted by molar-refractivity contribution is 5.19. The molecule has 0 saturated carbocycles. The Morgan fingerprint density at radius 3 is 2.80 bits per heavy atom. The van der Waals surface area contributed by atoms with Gasteiger partial charge in [-0.3, -0.25) is 4.90 Å². The van der Waals surface area contributed by atoms with Crippen molar-refractivity contribution >= 4 is 0 Å². The van der Waals surface area contributed by atoms with Gasteiger partial charge in [-0.25, -0.2) is 4.39 Å². The van der Waals surface area contributed by atoms with Gasteiger partial charge in [0.25, 0.3) is 0 Å². The highest BCUT2D eigenvalue weighted by Gasteiger charge is 2.38. The minimum atomic E-state index is -0.113. The molecule has 0 bridgehead atoms. The zero-order valence-electron chi connectivity index (χ0n) is 11.9. The van der Waals surface area contributed by atoms with Crippen molar-refractivity contribution in [3.05, 3.63) is 35.6 Å². The lowest BCUT2D eigenvalue weighted by atomic mass is 9.90. The van der Waals surface area contributed by atoms with E-state index in [1.54, 1.807) is 13.2 Å². The van der Waals surface area contributed by atoms with Gasteiger partial charge >= 0.3 is 0 Å². The van der Waals surface area contributed by atoms with E-state index < -0.39 is 0 Å². The monoisotopic (exact) mass is 279 g/mol. The lowest BCUT2D eigenvalue weighted by Gasteiger charge is -2.47. The van der Waals surface area contributed by atoms with Crippen molar-refractivity contribution in [1.82, 2.24) is 4.90 Å². The van der Waals surface area contributed by atoms with Crippen molar-refractivity contribution in [3.8, 4) is 0 Å². The first-order valence-corrected chi connectivity index (χ1v) is 7.39. The number of halogens is 1. The second kappa shape index (κ2) is 6.20. The third kappa shape index (κ3) is 2.73. The molecular formula is C16H22FNO2. The maximum absolute atomic E-state index is 13.9. The molecular weight excluding hydrogens is 257 g/mol. The fraction of sp³-hybridized carbons (Fsp3) is 0.625. The zero-order valence-corrected chi connectivity index (χ0v) is 11.9. The molecule has 0 N–H and O–H groups in total. The Morgan fingerprint density at radius 2 is 2.15 bits per heavy atom. The highest BCUT2D eigenvalue weighted by atomic mass is 19.1. The molecule has 2 saturated heterocycles. The topological polar surface area (TPSA) is 21.7 Å². The van der Waals surface area contributed by atoms with Gasteiger partial charge in [0.1, 0.15) is 5.82 Å². The fourth-order valence-electron chi connectivity index (χ4n) is 3.33. The van der Waals surface area contributed by atoms with Crippen LogP contribution in [0.2, 0.25) is 0 Å². The number of ether oxygens (including phenoxy) is 2. The maximum Gasteiger partial charge on any atom is 0.126 e. The van der Waals surface area contributed by atoms with Crippen LogP contribution < -0.4 is 0 Å². The fourth-order valence-corrected chi connectivity index (χ4v) is 3.33. The molecule has 0 aromatic heterocycles.